The molecule has 0 aliphatic rings. The van der Waals surface area contributed by atoms with Crippen LogP contribution in [0.1, 0.15) is 32.3 Å². The summed E-state index contributed by atoms with van der Waals surface area (Å²) in [5.41, 5.74) is 2.38. The van der Waals surface area contributed by atoms with Crippen molar-refractivity contribution in [2.24, 2.45) is 0 Å². The van der Waals surface area contributed by atoms with Gasteiger partial charge in [0.15, 0.2) is 0 Å². The number of benzene rings is 1. The highest BCUT2D eigenvalue weighted by atomic mass is 15.2. The molecular formula is C13H20N2. The molecule has 2 heteroatoms. The first-order valence-corrected chi connectivity index (χ1v) is 5.60. The van der Waals surface area contributed by atoms with Gasteiger partial charge in [-0.3, -0.25) is 5.41 Å². The minimum atomic E-state index is 0.714. The van der Waals surface area contributed by atoms with Gasteiger partial charge < -0.3 is 4.90 Å². The Morgan fingerprint density at radius 3 is 2.60 bits per heavy atom. The number of hydrogen-bond donors (Lipinski definition) is 1. The van der Waals surface area contributed by atoms with E-state index in [1.807, 2.05) is 6.07 Å². The van der Waals surface area contributed by atoms with Gasteiger partial charge in [0, 0.05) is 18.7 Å². The number of hydrogen-bond acceptors (Lipinski definition) is 1. The number of anilines is 1. The first-order chi connectivity index (χ1) is 7.19. The average Bonchev–Trinajstić information content (AvgIpc) is 2.19. The highest BCUT2D eigenvalue weighted by molar-refractivity contribution is 5.95. The summed E-state index contributed by atoms with van der Waals surface area (Å²) < 4.78 is 0. The summed E-state index contributed by atoms with van der Waals surface area (Å²) in [5.74, 6) is 0.714. The van der Waals surface area contributed by atoms with E-state index in [0.29, 0.717) is 5.84 Å². The van der Waals surface area contributed by atoms with E-state index in [4.69, 9.17) is 5.41 Å². The van der Waals surface area contributed by atoms with Gasteiger partial charge in [-0.15, -0.1) is 0 Å². The third-order valence-electron chi connectivity index (χ3n) is 2.44. The summed E-state index contributed by atoms with van der Waals surface area (Å²) in [6, 6.07) is 8.34. The number of nitrogens with one attached hydrogen (secondary N) is 1. The fraction of sp³-hybridized carbons (Fsp3) is 0.462. The van der Waals surface area contributed by atoms with Gasteiger partial charge in [0.2, 0.25) is 0 Å². The topological polar surface area (TPSA) is 27.1 Å². The zero-order valence-electron chi connectivity index (χ0n) is 9.88. The quantitative estimate of drug-likeness (QED) is 0.589. The summed E-state index contributed by atoms with van der Waals surface area (Å²) in [5, 5.41) is 7.98. The lowest BCUT2D eigenvalue weighted by molar-refractivity contribution is 0.927. The van der Waals surface area contributed by atoms with E-state index in [2.05, 4.69) is 43.9 Å². The van der Waals surface area contributed by atoms with Crippen molar-refractivity contribution in [2.75, 3.05) is 11.4 Å². The van der Waals surface area contributed by atoms with Gasteiger partial charge in [-0.05, 0) is 38.0 Å². The molecule has 1 N–H and O–H groups in total. The summed E-state index contributed by atoms with van der Waals surface area (Å²) >= 11 is 0. The highest BCUT2D eigenvalue weighted by Gasteiger charge is 2.08. The Morgan fingerprint density at radius 2 is 2.07 bits per heavy atom. The minimum Gasteiger partial charge on any atom is -0.331 e. The molecule has 0 heterocycles. The molecule has 15 heavy (non-hydrogen) atoms. The Kier molecular flexibility index (Phi) is 4.35. The van der Waals surface area contributed by atoms with Crippen LogP contribution in [0.4, 0.5) is 5.69 Å². The standard InChI is InChI=1S/C13H20N2/c1-4-7-13(14)15(5-2)12-9-6-8-11(3)10-12/h6,8-10,14H,4-5,7H2,1-3H3. The molecule has 2 nitrogen and oxygen atoms in total. The smallest absolute Gasteiger partial charge is 0.100 e. The molecule has 0 aliphatic heterocycles. The van der Waals surface area contributed by atoms with Gasteiger partial charge in [-0.2, -0.15) is 0 Å². The molecule has 0 unspecified atom stereocenters. The highest BCUT2D eigenvalue weighted by Crippen LogP contribution is 2.17. The van der Waals surface area contributed by atoms with E-state index in [1.54, 1.807) is 0 Å². The third kappa shape index (κ3) is 3.08. The van der Waals surface area contributed by atoms with Gasteiger partial charge in [0.1, 0.15) is 5.84 Å². The van der Waals surface area contributed by atoms with E-state index in [9.17, 15) is 0 Å². The van der Waals surface area contributed by atoms with Crippen molar-refractivity contribution in [2.45, 2.75) is 33.6 Å². The Morgan fingerprint density at radius 1 is 1.33 bits per heavy atom. The fourth-order valence-electron chi connectivity index (χ4n) is 1.70. The maximum Gasteiger partial charge on any atom is 0.100 e. The van der Waals surface area contributed by atoms with Crippen LogP contribution in [-0.2, 0) is 0 Å². The zero-order chi connectivity index (χ0) is 11.3. The molecule has 82 valence electrons. The van der Waals surface area contributed by atoms with Gasteiger partial charge in [0.25, 0.3) is 0 Å². The predicted molar refractivity (Wildman–Crippen MR) is 66.8 cm³/mol. The molecular weight excluding hydrogens is 184 g/mol. The molecule has 1 aromatic rings. The lowest BCUT2D eigenvalue weighted by Gasteiger charge is -2.23. The zero-order valence-corrected chi connectivity index (χ0v) is 9.88. The first-order valence-electron chi connectivity index (χ1n) is 5.60. The normalized spacial score (nSPS) is 10.1. The van der Waals surface area contributed by atoms with Crippen molar-refractivity contribution in [3.8, 4) is 0 Å². The van der Waals surface area contributed by atoms with Crippen LogP contribution in [0.15, 0.2) is 24.3 Å². The van der Waals surface area contributed by atoms with Crippen LogP contribution < -0.4 is 4.90 Å². The molecule has 0 atom stereocenters. The Bertz CT molecular complexity index is 331. The van der Waals surface area contributed by atoms with Crippen molar-refractivity contribution in [1.82, 2.24) is 0 Å². The van der Waals surface area contributed by atoms with Crippen LogP contribution in [0.5, 0.6) is 0 Å². The van der Waals surface area contributed by atoms with Crippen molar-refractivity contribution in [3.63, 3.8) is 0 Å². The van der Waals surface area contributed by atoms with Gasteiger partial charge in [-0.1, -0.05) is 19.1 Å². The summed E-state index contributed by atoms with van der Waals surface area (Å²) in [7, 11) is 0. The Labute approximate surface area is 92.4 Å². The molecule has 0 fully saturated rings. The summed E-state index contributed by atoms with van der Waals surface area (Å²) in [4.78, 5) is 2.07. The molecule has 0 aromatic heterocycles. The SMILES string of the molecule is CCCC(=N)N(CC)c1cccc(C)c1. The lowest BCUT2D eigenvalue weighted by Crippen LogP contribution is -2.29. The van der Waals surface area contributed by atoms with Crippen LogP contribution >= 0.6 is 0 Å². The summed E-state index contributed by atoms with van der Waals surface area (Å²) in [6.45, 7) is 7.15. The van der Waals surface area contributed by atoms with Crippen molar-refractivity contribution >= 4 is 11.5 Å². The van der Waals surface area contributed by atoms with Crippen LogP contribution in [0.25, 0.3) is 0 Å². The van der Waals surface area contributed by atoms with Crippen molar-refractivity contribution in [3.05, 3.63) is 29.8 Å². The molecule has 0 aliphatic carbocycles. The largest absolute Gasteiger partial charge is 0.331 e. The fourth-order valence-corrected chi connectivity index (χ4v) is 1.70. The van der Waals surface area contributed by atoms with Crippen LogP contribution in [-0.4, -0.2) is 12.4 Å². The van der Waals surface area contributed by atoms with Gasteiger partial charge in [-0.25, -0.2) is 0 Å². The van der Waals surface area contributed by atoms with E-state index in [1.165, 1.54) is 5.56 Å². The summed E-state index contributed by atoms with van der Waals surface area (Å²) in [6.07, 6.45) is 1.88. The second-order valence-corrected chi connectivity index (χ2v) is 3.78. The Hall–Kier alpha value is -1.31. The molecule has 0 bridgehead atoms. The third-order valence-corrected chi connectivity index (χ3v) is 2.44. The van der Waals surface area contributed by atoms with E-state index in [0.717, 1.165) is 25.1 Å². The Balaban J connectivity index is 2.87. The monoisotopic (exact) mass is 204 g/mol. The maximum atomic E-state index is 7.98. The molecule has 0 spiro atoms. The second-order valence-electron chi connectivity index (χ2n) is 3.78. The van der Waals surface area contributed by atoms with E-state index in [-0.39, 0.29) is 0 Å². The molecule has 1 aromatic carbocycles. The maximum absolute atomic E-state index is 7.98. The van der Waals surface area contributed by atoms with Gasteiger partial charge in [0.05, 0.1) is 0 Å². The van der Waals surface area contributed by atoms with Crippen LogP contribution in [0, 0.1) is 12.3 Å². The number of rotatable bonds is 4. The molecule has 0 amide bonds. The first kappa shape index (κ1) is 11.8. The van der Waals surface area contributed by atoms with Crippen molar-refractivity contribution in [1.29, 1.82) is 5.41 Å². The molecule has 0 saturated carbocycles. The number of amidine groups is 1. The van der Waals surface area contributed by atoms with E-state index >= 15 is 0 Å². The average molecular weight is 204 g/mol. The molecule has 1 rings (SSSR count). The van der Waals surface area contributed by atoms with Crippen molar-refractivity contribution < 1.29 is 0 Å². The minimum absolute atomic E-state index is 0.714. The number of nitrogens with zero attached hydrogens (tertiary/aromatic N) is 1. The van der Waals surface area contributed by atoms with Gasteiger partial charge >= 0.3 is 0 Å². The van der Waals surface area contributed by atoms with Crippen LogP contribution in [0.2, 0.25) is 0 Å². The van der Waals surface area contributed by atoms with E-state index < -0.39 is 0 Å². The number of aryl methyl sites for hydroxylation is 1. The lowest BCUT2D eigenvalue weighted by atomic mass is 10.2. The van der Waals surface area contributed by atoms with Crippen LogP contribution in [0.3, 0.4) is 0 Å². The predicted octanol–water partition coefficient (Wildman–Crippen LogP) is 3.60. The molecule has 0 radical (unpaired) electrons. The second kappa shape index (κ2) is 5.54. The molecule has 0 saturated heterocycles.